The Labute approximate surface area is 118 Å². The molecule has 2 nitrogen and oxygen atoms in total. The molecule has 0 amide bonds. The largest absolute Gasteiger partial charge is 0.466 e. The summed E-state index contributed by atoms with van der Waals surface area (Å²) in [6.45, 7) is 9.66. The van der Waals surface area contributed by atoms with Crippen LogP contribution in [-0.2, 0) is 0 Å². The molecule has 1 fully saturated rings. The first kappa shape index (κ1) is 14.6. The molecule has 0 bridgehead atoms. The van der Waals surface area contributed by atoms with Crippen molar-refractivity contribution in [2.45, 2.75) is 72.3 Å². The van der Waals surface area contributed by atoms with Gasteiger partial charge in [-0.1, -0.05) is 32.6 Å². The third-order valence-corrected chi connectivity index (χ3v) is 4.72. The number of aryl methyl sites for hydroxylation is 2. The maximum Gasteiger partial charge on any atom is 0.106 e. The zero-order chi connectivity index (χ0) is 13.8. The fourth-order valence-corrected chi connectivity index (χ4v) is 3.64. The normalized spacial score (nSPS) is 19.4. The highest BCUT2D eigenvalue weighted by Crippen LogP contribution is 2.37. The summed E-state index contributed by atoms with van der Waals surface area (Å²) in [6.07, 6.45) is 8.33. The van der Waals surface area contributed by atoms with Crippen LogP contribution in [-0.4, -0.2) is 6.54 Å². The predicted molar refractivity (Wildman–Crippen MR) is 80.5 cm³/mol. The number of hydrogen-bond acceptors (Lipinski definition) is 2. The van der Waals surface area contributed by atoms with Gasteiger partial charge in [-0.25, -0.2) is 0 Å². The van der Waals surface area contributed by atoms with Crippen molar-refractivity contribution in [3.8, 4) is 0 Å². The highest BCUT2D eigenvalue weighted by molar-refractivity contribution is 5.34. The van der Waals surface area contributed by atoms with Crippen LogP contribution in [0.1, 0.15) is 74.1 Å². The number of hydrogen-bond donors (Lipinski definition) is 1. The summed E-state index contributed by atoms with van der Waals surface area (Å²) in [4.78, 5) is 0. The van der Waals surface area contributed by atoms with Crippen molar-refractivity contribution >= 4 is 0 Å². The molecule has 0 aromatic carbocycles. The number of rotatable bonds is 4. The zero-order valence-corrected chi connectivity index (χ0v) is 13.0. The Balaban J connectivity index is 2.27. The molecule has 0 spiro atoms. The van der Waals surface area contributed by atoms with E-state index < -0.39 is 0 Å². The van der Waals surface area contributed by atoms with Gasteiger partial charge < -0.3 is 9.73 Å². The lowest BCUT2D eigenvalue weighted by Gasteiger charge is -2.27. The molecule has 2 rings (SSSR count). The van der Waals surface area contributed by atoms with E-state index in [9.17, 15) is 0 Å². The third-order valence-electron chi connectivity index (χ3n) is 4.72. The first-order valence-electron chi connectivity index (χ1n) is 7.95. The standard InChI is InChI=1S/C17H29NO/c1-5-18-17(15-10-8-6-7-9-11-15)16-12(2)13(3)19-14(16)4/h15,17-18H,5-11H2,1-4H3. The van der Waals surface area contributed by atoms with E-state index in [0.29, 0.717) is 6.04 Å². The molecule has 2 heteroatoms. The first-order valence-corrected chi connectivity index (χ1v) is 7.95. The molecule has 1 N–H and O–H groups in total. The Hall–Kier alpha value is -0.760. The number of nitrogens with one attached hydrogen (secondary N) is 1. The van der Waals surface area contributed by atoms with Gasteiger partial charge in [-0.05, 0) is 51.6 Å². The zero-order valence-electron chi connectivity index (χ0n) is 13.0. The Morgan fingerprint density at radius 2 is 1.68 bits per heavy atom. The van der Waals surface area contributed by atoms with Gasteiger partial charge in [0.25, 0.3) is 0 Å². The maximum atomic E-state index is 5.85. The second-order valence-electron chi connectivity index (χ2n) is 6.04. The topological polar surface area (TPSA) is 25.2 Å². The quantitative estimate of drug-likeness (QED) is 0.787. The fraction of sp³-hybridized carbons (Fsp3) is 0.765. The summed E-state index contributed by atoms with van der Waals surface area (Å²) in [5.41, 5.74) is 2.79. The van der Waals surface area contributed by atoms with Crippen molar-refractivity contribution in [1.82, 2.24) is 5.32 Å². The van der Waals surface area contributed by atoms with Crippen LogP contribution >= 0.6 is 0 Å². The highest BCUT2D eigenvalue weighted by atomic mass is 16.3. The summed E-state index contributed by atoms with van der Waals surface area (Å²) in [5.74, 6) is 2.98. The van der Waals surface area contributed by atoms with Gasteiger partial charge in [-0.3, -0.25) is 0 Å². The second-order valence-corrected chi connectivity index (χ2v) is 6.04. The van der Waals surface area contributed by atoms with Crippen molar-refractivity contribution in [3.05, 3.63) is 22.6 Å². The van der Waals surface area contributed by atoms with Crippen LogP contribution in [0.25, 0.3) is 0 Å². The van der Waals surface area contributed by atoms with E-state index in [1.165, 1.54) is 49.7 Å². The molecule has 1 heterocycles. The van der Waals surface area contributed by atoms with Crippen molar-refractivity contribution in [2.75, 3.05) is 6.54 Å². The molecule has 1 aliphatic rings. The van der Waals surface area contributed by atoms with Crippen molar-refractivity contribution in [2.24, 2.45) is 5.92 Å². The first-order chi connectivity index (χ1) is 9.15. The van der Waals surface area contributed by atoms with Gasteiger partial charge >= 0.3 is 0 Å². The Bertz CT molecular complexity index is 400. The highest BCUT2D eigenvalue weighted by Gasteiger charge is 2.28. The Morgan fingerprint density at radius 1 is 1.05 bits per heavy atom. The van der Waals surface area contributed by atoms with Crippen molar-refractivity contribution < 1.29 is 4.42 Å². The molecule has 1 aliphatic carbocycles. The predicted octanol–water partition coefficient (Wildman–Crippen LogP) is 4.83. The lowest BCUT2D eigenvalue weighted by molar-refractivity contribution is 0.325. The molecule has 0 radical (unpaired) electrons. The lowest BCUT2D eigenvalue weighted by atomic mass is 9.85. The summed E-state index contributed by atoms with van der Waals surface area (Å²) in [7, 11) is 0. The van der Waals surface area contributed by atoms with Gasteiger partial charge in [0.05, 0.1) is 0 Å². The van der Waals surface area contributed by atoms with Crippen LogP contribution in [0.3, 0.4) is 0 Å². The summed E-state index contributed by atoms with van der Waals surface area (Å²) in [6, 6.07) is 0.487. The molecule has 108 valence electrons. The molecular weight excluding hydrogens is 234 g/mol. The Kier molecular flexibility index (Phi) is 5.09. The van der Waals surface area contributed by atoms with Crippen LogP contribution in [0.2, 0.25) is 0 Å². The summed E-state index contributed by atoms with van der Waals surface area (Å²) >= 11 is 0. The maximum absolute atomic E-state index is 5.85. The van der Waals surface area contributed by atoms with Gasteiger partial charge in [0.1, 0.15) is 11.5 Å². The van der Waals surface area contributed by atoms with E-state index in [1.54, 1.807) is 0 Å². The fourth-order valence-electron chi connectivity index (χ4n) is 3.64. The molecule has 1 atom stereocenters. The van der Waals surface area contributed by atoms with E-state index in [1.807, 2.05) is 0 Å². The van der Waals surface area contributed by atoms with E-state index in [0.717, 1.165) is 24.0 Å². The average Bonchev–Trinajstić information content (AvgIpc) is 2.62. The van der Waals surface area contributed by atoms with Crippen molar-refractivity contribution in [3.63, 3.8) is 0 Å². The van der Waals surface area contributed by atoms with Gasteiger partial charge in [0.15, 0.2) is 0 Å². The molecule has 1 aromatic heterocycles. The molecule has 19 heavy (non-hydrogen) atoms. The van der Waals surface area contributed by atoms with E-state index in [2.05, 4.69) is 33.0 Å². The van der Waals surface area contributed by atoms with Crippen LogP contribution in [0.5, 0.6) is 0 Å². The SMILES string of the molecule is CCNC(c1c(C)oc(C)c1C)C1CCCCCC1. The minimum Gasteiger partial charge on any atom is -0.466 e. The van der Waals surface area contributed by atoms with Gasteiger partial charge in [0.2, 0.25) is 0 Å². The third kappa shape index (κ3) is 3.22. The van der Waals surface area contributed by atoms with E-state index in [4.69, 9.17) is 4.42 Å². The molecule has 0 aliphatic heterocycles. The van der Waals surface area contributed by atoms with Gasteiger partial charge in [0, 0.05) is 11.6 Å². The summed E-state index contributed by atoms with van der Waals surface area (Å²) < 4.78 is 5.85. The molecule has 1 unspecified atom stereocenters. The minimum atomic E-state index is 0.487. The van der Waals surface area contributed by atoms with E-state index >= 15 is 0 Å². The van der Waals surface area contributed by atoms with Crippen LogP contribution in [0, 0.1) is 26.7 Å². The van der Waals surface area contributed by atoms with Gasteiger partial charge in [-0.2, -0.15) is 0 Å². The van der Waals surface area contributed by atoms with E-state index in [-0.39, 0.29) is 0 Å². The smallest absolute Gasteiger partial charge is 0.106 e. The van der Waals surface area contributed by atoms with Crippen molar-refractivity contribution in [1.29, 1.82) is 0 Å². The lowest BCUT2D eigenvalue weighted by Crippen LogP contribution is -2.29. The second kappa shape index (κ2) is 6.60. The summed E-state index contributed by atoms with van der Waals surface area (Å²) in [5, 5.41) is 3.73. The molecule has 1 saturated carbocycles. The average molecular weight is 263 g/mol. The number of furan rings is 1. The van der Waals surface area contributed by atoms with Gasteiger partial charge in [-0.15, -0.1) is 0 Å². The van der Waals surface area contributed by atoms with Crippen LogP contribution in [0.4, 0.5) is 0 Å². The molecular formula is C17H29NO. The Morgan fingerprint density at radius 3 is 2.16 bits per heavy atom. The van der Waals surface area contributed by atoms with Crippen LogP contribution < -0.4 is 5.32 Å². The monoisotopic (exact) mass is 263 g/mol. The molecule has 1 aromatic rings. The molecule has 0 saturated heterocycles. The minimum absolute atomic E-state index is 0.487. The van der Waals surface area contributed by atoms with Crippen LogP contribution in [0.15, 0.2) is 4.42 Å².